The molecular weight excluding hydrogens is 478 g/mol. The van der Waals surface area contributed by atoms with E-state index in [-0.39, 0.29) is 21.7 Å². The molecule has 0 spiro atoms. The van der Waals surface area contributed by atoms with Gasteiger partial charge in [-0.1, -0.05) is 72.8 Å². The number of hydrogen-bond acceptors (Lipinski definition) is 5. The average Bonchev–Trinajstić information content (AvgIpc) is 2.76. The monoisotopic (exact) mass is 499 g/mol. The van der Waals surface area contributed by atoms with Crippen molar-refractivity contribution in [2.75, 3.05) is 5.32 Å². The Bertz CT molecular complexity index is 1490. The normalized spacial score (nSPS) is 12.3. The second-order valence-corrected chi connectivity index (χ2v) is 10.0. The minimum absolute atomic E-state index is 0.0472. The Kier molecular flexibility index (Phi) is 7.48. The van der Waals surface area contributed by atoms with Crippen LogP contribution in [0.5, 0.6) is 0 Å². The summed E-state index contributed by atoms with van der Waals surface area (Å²) in [5.74, 6) is -0.427. The molecule has 0 heterocycles. The van der Waals surface area contributed by atoms with Crippen molar-refractivity contribution in [3.63, 3.8) is 0 Å². The Labute approximate surface area is 197 Å². The van der Waals surface area contributed by atoms with Crippen molar-refractivity contribution in [1.82, 2.24) is 0 Å². The van der Waals surface area contributed by atoms with Crippen molar-refractivity contribution in [2.45, 2.75) is 16.7 Å². The van der Waals surface area contributed by atoms with E-state index in [9.17, 15) is 30.7 Å². The van der Waals surface area contributed by atoms with Gasteiger partial charge in [0.2, 0.25) is 5.91 Å². The fraction of sp³-hybridized carbons (Fsp3) is 0.0417. The molecule has 10 heteroatoms. The smallest absolute Gasteiger partial charge is 0.295 e. The number of benzene rings is 3. The third-order valence-corrected chi connectivity index (χ3v) is 6.46. The molecule has 0 aliphatic heterocycles. The van der Waals surface area contributed by atoms with Gasteiger partial charge in [-0.3, -0.25) is 13.9 Å². The molecule has 0 radical (unpaired) electrons. The molecule has 3 rings (SSSR count). The Hall–Kier alpha value is -3.57. The van der Waals surface area contributed by atoms with Gasteiger partial charge in [0.25, 0.3) is 20.2 Å². The van der Waals surface area contributed by atoms with Crippen molar-refractivity contribution in [2.24, 2.45) is 0 Å². The summed E-state index contributed by atoms with van der Waals surface area (Å²) in [6, 6.07) is 17.6. The summed E-state index contributed by atoms with van der Waals surface area (Å²) in [6.45, 7) is 1.25. The van der Waals surface area contributed by atoms with E-state index in [1.807, 2.05) is 30.3 Å². The zero-order valence-electron chi connectivity index (χ0n) is 17.9. The molecule has 0 aliphatic rings. The topological polar surface area (TPSA) is 138 Å². The fourth-order valence-electron chi connectivity index (χ4n) is 3.13. The van der Waals surface area contributed by atoms with Crippen LogP contribution in [-0.2, 0) is 25.0 Å². The molecule has 0 aromatic heterocycles. The van der Waals surface area contributed by atoms with Gasteiger partial charge in [-0.2, -0.15) is 16.8 Å². The van der Waals surface area contributed by atoms with Crippen LogP contribution in [0.15, 0.2) is 76.5 Å². The maximum absolute atomic E-state index is 12.0. The number of hydrogen-bond donors (Lipinski definition) is 3. The third-order valence-electron chi connectivity index (χ3n) is 4.64. The number of anilines is 1. The number of rotatable bonds is 7. The highest BCUT2D eigenvalue weighted by atomic mass is 32.2. The molecule has 8 nitrogen and oxygen atoms in total. The van der Waals surface area contributed by atoms with Gasteiger partial charge < -0.3 is 5.32 Å². The van der Waals surface area contributed by atoms with Gasteiger partial charge in [0.15, 0.2) is 0 Å². The van der Waals surface area contributed by atoms with Crippen molar-refractivity contribution in [3.05, 3.63) is 89.0 Å². The summed E-state index contributed by atoms with van der Waals surface area (Å²) in [6.07, 6.45) is 6.06. The van der Waals surface area contributed by atoms with Gasteiger partial charge in [0, 0.05) is 12.6 Å². The minimum Gasteiger partial charge on any atom is -0.326 e. The summed E-state index contributed by atoms with van der Waals surface area (Å²) >= 11 is 0. The SMILES string of the molecule is CC(=O)Nc1ccc(/C=C/c2ccc(/C=C/c3ccccc3)cc2S(=O)(=O)O)c(S(=O)(=O)O)c1. The number of carbonyl (C=O) groups is 1. The lowest BCUT2D eigenvalue weighted by Crippen LogP contribution is -2.08. The predicted octanol–water partition coefficient (Wildman–Crippen LogP) is 4.48. The second kappa shape index (κ2) is 10.1. The Morgan fingerprint density at radius 2 is 1.24 bits per heavy atom. The van der Waals surface area contributed by atoms with Crippen LogP contribution in [-0.4, -0.2) is 31.8 Å². The van der Waals surface area contributed by atoms with Gasteiger partial charge >= 0.3 is 0 Å². The zero-order chi connectivity index (χ0) is 24.9. The first-order valence-corrected chi connectivity index (χ1v) is 12.7. The van der Waals surface area contributed by atoms with E-state index in [2.05, 4.69) is 5.32 Å². The van der Waals surface area contributed by atoms with Crippen LogP contribution < -0.4 is 5.32 Å². The Morgan fingerprint density at radius 1 is 0.706 bits per heavy atom. The summed E-state index contributed by atoms with van der Waals surface area (Å²) in [5.41, 5.74) is 1.73. The second-order valence-electron chi connectivity index (χ2n) is 7.26. The van der Waals surface area contributed by atoms with E-state index < -0.39 is 31.0 Å². The summed E-state index contributed by atoms with van der Waals surface area (Å²) in [7, 11) is -9.26. The van der Waals surface area contributed by atoms with Crippen LogP contribution in [0.25, 0.3) is 24.3 Å². The summed E-state index contributed by atoms with van der Waals surface area (Å²) in [5, 5.41) is 2.42. The highest BCUT2D eigenvalue weighted by Crippen LogP contribution is 2.25. The Balaban J connectivity index is 2.01. The molecule has 3 aromatic rings. The van der Waals surface area contributed by atoms with Crippen LogP contribution in [0, 0.1) is 0 Å². The van der Waals surface area contributed by atoms with Crippen molar-refractivity contribution < 1.29 is 30.7 Å². The van der Waals surface area contributed by atoms with Gasteiger partial charge in [0.1, 0.15) is 9.79 Å². The molecular formula is C24H21NO7S2. The van der Waals surface area contributed by atoms with Crippen molar-refractivity contribution in [3.8, 4) is 0 Å². The predicted molar refractivity (Wildman–Crippen MR) is 131 cm³/mol. The average molecular weight is 500 g/mol. The molecule has 0 saturated heterocycles. The fourth-order valence-corrected chi connectivity index (χ4v) is 4.56. The molecule has 34 heavy (non-hydrogen) atoms. The van der Waals surface area contributed by atoms with Gasteiger partial charge in [-0.25, -0.2) is 0 Å². The maximum Gasteiger partial charge on any atom is 0.295 e. The zero-order valence-corrected chi connectivity index (χ0v) is 19.5. The van der Waals surface area contributed by atoms with E-state index >= 15 is 0 Å². The quantitative estimate of drug-likeness (QED) is 0.322. The summed E-state index contributed by atoms with van der Waals surface area (Å²) < 4.78 is 66.9. The van der Waals surface area contributed by atoms with Crippen LogP contribution in [0.3, 0.4) is 0 Å². The first kappa shape index (κ1) is 25.1. The largest absolute Gasteiger partial charge is 0.326 e. The van der Waals surface area contributed by atoms with Crippen LogP contribution >= 0.6 is 0 Å². The standard InChI is InChI=1S/C24H21NO7S2/c1-17(26)25-22-14-13-21(24(16-22)34(30,31)32)12-11-20-10-9-19(15-23(20)33(27,28)29)8-7-18-5-3-2-4-6-18/h2-16H,1H3,(H,25,26)(H,27,28,29)(H,30,31,32)/b8-7+,12-11+. The van der Waals surface area contributed by atoms with Gasteiger partial charge in [-0.15, -0.1) is 0 Å². The van der Waals surface area contributed by atoms with E-state index in [1.54, 1.807) is 18.2 Å². The van der Waals surface area contributed by atoms with Crippen molar-refractivity contribution >= 4 is 56.1 Å². The van der Waals surface area contributed by atoms with Gasteiger partial charge in [0.05, 0.1) is 0 Å². The number of nitrogens with one attached hydrogen (secondary N) is 1. The lowest BCUT2D eigenvalue weighted by Gasteiger charge is -2.08. The molecule has 0 aliphatic carbocycles. The molecule has 0 bridgehead atoms. The van der Waals surface area contributed by atoms with E-state index in [4.69, 9.17) is 0 Å². The van der Waals surface area contributed by atoms with E-state index in [1.165, 1.54) is 43.3 Å². The van der Waals surface area contributed by atoms with Crippen molar-refractivity contribution in [1.29, 1.82) is 0 Å². The molecule has 0 fully saturated rings. The van der Waals surface area contributed by atoms with Crippen LogP contribution in [0.4, 0.5) is 5.69 Å². The molecule has 3 aromatic carbocycles. The Morgan fingerprint density at radius 3 is 1.79 bits per heavy atom. The first-order chi connectivity index (χ1) is 15.9. The highest BCUT2D eigenvalue weighted by molar-refractivity contribution is 7.86. The summed E-state index contributed by atoms with van der Waals surface area (Å²) in [4.78, 5) is 10.4. The molecule has 3 N–H and O–H groups in total. The lowest BCUT2D eigenvalue weighted by atomic mass is 10.1. The first-order valence-electron chi connectivity index (χ1n) is 9.85. The minimum atomic E-state index is -4.65. The van der Waals surface area contributed by atoms with Crippen LogP contribution in [0.1, 0.15) is 29.2 Å². The van der Waals surface area contributed by atoms with Crippen LogP contribution in [0.2, 0.25) is 0 Å². The molecule has 0 saturated carbocycles. The molecule has 0 atom stereocenters. The molecule has 0 unspecified atom stereocenters. The molecule has 176 valence electrons. The number of amides is 1. The molecule has 1 amide bonds. The van der Waals surface area contributed by atoms with E-state index in [0.717, 1.165) is 11.6 Å². The maximum atomic E-state index is 12.0. The lowest BCUT2D eigenvalue weighted by molar-refractivity contribution is -0.114. The highest BCUT2D eigenvalue weighted by Gasteiger charge is 2.17. The van der Waals surface area contributed by atoms with E-state index in [0.29, 0.717) is 5.56 Å². The number of carbonyl (C=O) groups excluding carboxylic acids is 1. The van der Waals surface area contributed by atoms with Gasteiger partial charge in [-0.05, 0) is 40.5 Å². The third kappa shape index (κ3) is 6.72.